The van der Waals surface area contributed by atoms with Crippen LogP contribution in [0.25, 0.3) is 11.2 Å². The summed E-state index contributed by atoms with van der Waals surface area (Å²) in [5.41, 5.74) is 6.16. The molecule has 0 radical (unpaired) electrons. The molecule has 160 valence electrons. The van der Waals surface area contributed by atoms with Crippen LogP contribution in [0.3, 0.4) is 0 Å². The number of aromatic nitrogens is 4. The Balaban J connectivity index is 1.70. The number of phosphoric ester groups is 1. The fourth-order valence-corrected chi connectivity index (χ4v) is 5.18. The topological polar surface area (TPSA) is 133 Å². The molecule has 0 saturated carbocycles. The molecule has 2 fully saturated rings. The van der Waals surface area contributed by atoms with Crippen LogP contribution in [-0.2, 0) is 22.9 Å². The predicted octanol–water partition coefficient (Wildman–Crippen LogP) is 2.56. The van der Waals surface area contributed by atoms with Gasteiger partial charge in [-0.2, -0.15) is 9.97 Å². The average Bonchev–Trinajstić information content (AvgIpc) is 3.13. The van der Waals surface area contributed by atoms with Gasteiger partial charge in [0.05, 0.1) is 25.6 Å². The number of hydrogen-bond acceptors (Lipinski definition) is 10. The largest absolute Gasteiger partial charge is 0.476 e. The van der Waals surface area contributed by atoms with Gasteiger partial charge >= 0.3 is 7.82 Å². The third kappa shape index (κ3) is 3.58. The Labute approximate surface area is 170 Å². The van der Waals surface area contributed by atoms with E-state index in [1.807, 2.05) is 0 Å². The van der Waals surface area contributed by atoms with E-state index < -0.39 is 37.5 Å². The molecule has 4 rings (SSSR count). The number of imidazole rings is 1. The number of nitrogens with two attached hydrogens (primary N) is 1. The molecule has 0 aromatic carbocycles. The van der Waals surface area contributed by atoms with Gasteiger partial charge in [0.25, 0.3) is 5.13 Å². The second-order valence-corrected chi connectivity index (χ2v) is 8.92. The molecule has 2 aliphatic rings. The average molecular weight is 452 g/mol. The van der Waals surface area contributed by atoms with Gasteiger partial charge in [-0.25, -0.2) is 13.9 Å². The van der Waals surface area contributed by atoms with Crippen LogP contribution in [-0.4, -0.2) is 56.2 Å². The van der Waals surface area contributed by atoms with Crippen LogP contribution in [0.1, 0.15) is 27.0 Å². The van der Waals surface area contributed by atoms with Crippen LogP contribution in [0, 0.1) is 0 Å². The minimum absolute atomic E-state index is 0.0911. The van der Waals surface area contributed by atoms with Crippen LogP contribution in [0.4, 0.5) is 10.3 Å². The van der Waals surface area contributed by atoms with E-state index in [4.69, 9.17) is 40.4 Å². The van der Waals surface area contributed by atoms with Crippen molar-refractivity contribution in [3.05, 3.63) is 6.33 Å². The minimum Gasteiger partial charge on any atom is -0.476 e. The van der Waals surface area contributed by atoms with Gasteiger partial charge in [-0.15, -0.1) is 0 Å². The van der Waals surface area contributed by atoms with Crippen molar-refractivity contribution >= 4 is 36.5 Å². The Hall–Kier alpha value is -1.56. The summed E-state index contributed by atoms with van der Waals surface area (Å²) in [6.07, 6.45) is -2.93. The molecule has 0 bridgehead atoms. The first-order chi connectivity index (χ1) is 13.6. The van der Waals surface area contributed by atoms with E-state index >= 15 is 4.39 Å². The summed E-state index contributed by atoms with van der Waals surface area (Å²) >= 11 is 6.20. The molecule has 4 heterocycles. The smallest absolute Gasteiger partial charge is 0.475 e. The van der Waals surface area contributed by atoms with Gasteiger partial charge in [0.1, 0.15) is 6.10 Å². The van der Waals surface area contributed by atoms with Gasteiger partial charge in [0.15, 0.2) is 23.5 Å². The van der Waals surface area contributed by atoms with Crippen molar-refractivity contribution in [2.45, 2.75) is 50.4 Å². The first-order valence-electron chi connectivity index (χ1n) is 8.92. The first-order valence-corrected chi connectivity index (χ1v) is 10.8. The number of alkyl halides is 2. The van der Waals surface area contributed by atoms with Crippen molar-refractivity contribution in [1.82, 2.24) is 19.5 Å². The molecule has 2 aromatic rings. The number of nitrogen functional groups attached to an aromatic ring is 1. The van der Waals surface area contributed by atoms with E-state index in [1.54, 1.807) is 20.8 Å². The minimum atomic E-state index is -3.99. The van der Waals surface area contributed by atoms with Crippen LogP contribution in [0.2, 0.25) is 0 Å². The standard InChI is InChI=1S/C15H20ClFN5O6P/c1-4-24-12-9-11(20-14(18)21-12)22(6-19-9)13-15(16,17)10-8(26-13)5-25-29(23,28-10)27-7(2)3/h6-8,10,13H,4-5H2,1-3H3,(H2,18,20,21)/t8-,10-,13-,15+,29?/m1/s1. The van der Waals surface area contributed by atoms with E-state index in [0.29, 0.717) is 6.61 Å². The maximum absolute atomic E-state index is 15.7. The molecule has 5 atom stereocenters. The fraction of sp³-hybridized carbons (Fsp3) is 0.667. The zero-order valence-corrected chi connectivity index (χ0v) is 17.5. The summed E-state index contributed by atoms with van der Waals surface area (Å²) < 4.78 is 56.4. The number of fused-ring (bicyclic) bond motifs is 2. The summed E-state index contributed by atoms with van der Waals surface area (Å²) in [5.74, 6) is 0.0594. The van der Waals surface area contributed by atoms with Gasteiger partial charge in [0, 0.05) is 0 Å². The van der Waals surface area contributed by atoms with Crippen molar-refractivity contribution in [3.8, 4) is 5.88 Å². The summed E-state index contributed by atoms with van der Waals surface area (Å²) in [6.45, 7) is 5.16. The van der Waals surface area contributed by atoms with Crippen molar-refractivity contribution in [2.24, 2.45) is 0 Å². The highest BCUT2D eigenvalue weighted by Gasteiger charge is 2.63. The molecule has 0 spiro atoms. The molecule has 2 aliphatic heterocycles. The highest BCUT2D eigenvalue weighted by Crippen LogP contribution is 2.61. The number of halogens is 2. The summed E-state index contributed by atoms with van der Waals surface area (Å²) in [4.78, 5) is 12.3. The lowest BCUT2D eigenvalue weighted by Crippen LogP contribution is -2.43. The maximum atomic E-state index is 15.7. The Morgan fingerprint density at radius 1 is 1.52 bits per heavy atom. The molecule has 14 heteroatoms. The monoisotopic (exact) mass is 451 g/mol. The molecule has 1 unspecified atom stereocenters. The van der Waals surface area contributed by atoms with E-state index in [9.17, 15) is 4.57 Å². The molecule has 2 saturated heterocycles. The summed E-state index contributed by atoms with van der Waals surface area (Å²) in [7, 11) is -3.99. The Kier molecular flexibility index (Phi) is 5.21. The Bertz CT molecular complexity index is 974. The Morgan fingerprint density at radius 2 is 2.28 bits per heavy atom. The lowest BCUT2D eigenvalue weighted by atomic mass is 10.1. The van der Waals surface area contributed by atoms with E-state index in [2.05, 4.69) is 15.0 Å². The third-order valence-corrected chi connectivity index (χ3v) is 6.30. The number of anilines is 1. The summed E-state index contributed by atoms with van der Waals surface area (Å²) in [6, 6.07) is 0. The lowest BCUT2D eigenvalue weighted by molar-refractivity contribution is -0.0733. The van der Waals surface area contributed by atoms with Gasteiger partial charge in [-0.3, -0.25) is 18.1 Å². The molecule has 0 amide bonds. The van der Waals surface area contributed by atoms with Crippen LogP contribution in [0.15, 0.2) is 6.33 Å². The predicted molar refractivity (Wildman–Crippen MR) is 99.2 cm³/mol. The fourth-order valence-electron chi connectivity index (χ4n) is 3.20. The quantitative estimate of drug-likeness (QED) is 0.534. The van der Waals surface area contributed by atoms with Crippen LogP contribution >= 0.6 is 19.4 Å². The van der Waals surface area contributed by atoms with Crippen LogP contribution < -0.4 is 10.5 Å². The van der Waals surface area contributed by atoms with Crippen molar-refractivity contribution in [3.63, 3.8) is 0 Å². The zero-order valence-electron chi connectivity index (χ0n) is 15.8. The van der Waals surface area contributed by atoms with E-state index in [0.717, 1.165) is 0 Å². The summed E-state index contributed by atoms with van der Waals surface area (Å²) in [5, 5.41) is -2.62. The number of rotatable bonds is 5. The first kappa shape index (κ1) is 20.7. The van der Waals surface area contributed by atoms with Crippen molar-refractivity contribution in [2.75, 3.05) is 18.9 Å². The number of hydrogen-bond donors (Lipinski definition) is 1. The number of ether oxygens (including phenoxy) is 2. The molecule has 0 aliphatic carbocycles. The normalized spacial score (nSPS) is 34.6. The highest BCUT2D eigenvalue weighted by molar-refractivity contribution is 7.48. The van der Waals surface area contributed by atoms with E-state index in [-0.39, 0.29) is 29.6 Å². The Morgan fingerprint density at radius 3 is 2.97 bits per heavy atom. The number of phosphoric acid groups is 1. The lowest BCUT2D eigenvalue weighted by Gasteiger charge is -2.33. The highest BCUT2D eigenvalue weighted by atomic mass is 35.5. The molecular formula is C15H20ClFN5O6P. The zero-order chi connectivity index (χ0) is 21.0. The van der Waals surface area contributed by atoms with Crippen LogP contribution in [0.5, 0.6) is 5.88 Å². The number of nitrogens with zero attached hydrogens (tertiary/aromatic N) is 4. The molecule has 11 nitrogen and oxygen atoms in total. The van der Waals surface area contributed by atoms with E-state index in [1.165, 1.54) is 10.9 Å². The third-order valence-electron chi connectivity index (χ3n) is 4.27. The second-order valence-electron chi connectivity index (χ2n) is 6.77. The van der Waals surface area contributed by atoms with Gasteiger partial charge in [0.2, 0.25) is 11.8 Å². The molecular weight excluding hydrogens is 432 g/mol. The van der Waals surface area contributed by atoms with Crippen molar-refractivity contribution in [1.29, 1.82) is 0 Å². The van der Waals surface area contributed by atoms with Gasteiger partial charge < -0.3 is 15.2 Å². The SMILES string of the molecule is CCOc1nc(N)nc2c1ncn2[C@@H]1O[C@@H]2COP(=O)(OC(C)C)O[C@H]2[C@@]1(F)Cl. The van der Waals surface area contributed by atoms with Gasteiger partial charge in [-0.05, 0) is 20.8 Å². The second kappa shape index (κ2) is 7.29. The molecule has 2 aromatic heterocycles. The molecule has 2 N–H and O–H groups in total. The molecule has 29 heavy (non-hydrogen) atoms. The van der Waals surface area contributed by atoms with Crippen molar-refractivity contribution < 1.29 is 32.0 Å². The maximum Gasteiger partial charge on any atom is 0.475 e. The van der Waals surface area contributed by atoms with Gasteiger partial charge in [-0.1, -0.05) is 11.6 Å².